The van der Waals surface area contributed by atoms with Crippen molar-refractivity contribution in [2.45, 2.75) is 6.92 Å². The molecule has 1 N–H and O–H groups in total. The maximum Gasteiger partial charge on any atom is 0.245 e. The molecule has 0 saturated carbocycles. The van der Waals surface area contributed by atoms with E-state index in [1.54, 1.807) is 0 Å². The maximum absolute atomic E-state index is 13.6. The third-order valence-corrected chi connectivity index (χ3v) is 4.60. The molecule has 0 spiro atoms. The van der Waals surface area contributed by atoms with Crippen molar-refractivity contribution in [2.75, 3.05) is 22.4 Å². The highest BCUT2D eigenvalue weighted by Crippen LogP contribution is 2.20. The Hall–Kier alpha value is -2.81. The number of nitrogens with zero attached hydrogens (tertiary/aromatic N) is 1. The minimum absolute atomic E-state index is 0.173. The predicted molar refractivity (Wildman–Crippen MR) is 93.6 cm³/mol. The zero-order valence-electron chi connectivity index (χ0n) is 14.0. The summed E-state index contributed by atoms with van der Waals surface area (Å²) in [7, 11) is -3.82. The number of Topliss-reactive ketones (excluding diaryl/α,β-unsaturated/α-hetero) is 1. The Balaban J connectivity index is 2.22. The topological polar surface area (TPSA) is 83.6 Å². The number of halogens is 2. The molecule has 0 heterocycles. The van der Waals surface area contributed by atoms with Gasteiger partial charge in [0.15, 0.2) is 5.78 Å². The number of nitrogens with one attached hydrogen (secondary N) is 1. The molecule has 0 unspecified atom stereocenters. The maximum atomic E-state index is 13.6. The summed E-state index contributed by atoms with van der Waals surface area (Å²) >= 11 is 0. The fraction of sp³-hybridized carbons (Fsp3) is 0.176. The van der Waals surface area contributed by atoms with Crippen molar-refractivity contribution in [3.63, 3.8) is 0 Å². The molecule has 0 radical (unpaired) electrons. The van der Waals surface area contributed by atoms with Gasteiger partial charge in [-0.25, -0.2) is 17.2 Å². The van der Waals surface area contributed by atoms with Gasteiger partial charge in [0, 0.05) is 11.6 Å². The largest absolute Gasteiger partial charge is 0.322 e. The molecule has 138 valence electrons. The monoisotopic (exact) mass is 382 g/mol. The molecule has 0 bridgehead atoms. The van der Waals surface area contributed by atoms with E-state index in [0.717, 1.165) is 22.7 Å². The summed E-state index contributed by atoms with van der Waals surface area (Å²) in [5, 5.41) is 2.20. The smallest absolute Gasteiger partial charge is 0.245 e. The summed E-state index contributed by atoms with van der Waals surface area (Å²) in [5.41, 5.74) is 0.295. The lowest BCUT2D eigenvalue weighted by Crippen LogP contribution is -2.37. The molecule has 0 aliphatic carbocycles. The molecule has 0 fully saturated rings. The van der Waals surface area contributed by atoms with Crippen LogP contribution in [-0.2, 0) is 14.8 Å². The Morgan fingerprint density at radius 2 is 1.69 bits per heavy atom. The lowest BCUT2D eigenvalue weighted by atomic mass is 10.1. The molecule has 0 atom stereocenters. The Bertz CT molecular complexity index is 944. The van der Waals surface area contributed by atoms with Crippen molar-refractivity contribution in [2.24, 2.45) is 0 Å². The second kappa shape index (κ2) is 7.61. The van der Waals surface area contributed by atoms with Gasteiger partial charge >= 0.3 is 0 Å². The highest BCUT2D eigenvalue weighted by atomic mass is 32.2. The molecule has 0 aliphatic rings. The van der Waals surface area contributed by atoms with Crippen LogP contribution in [0, 0.1) is 11.6 Å². The number of anilines is 2. The highest BCUT2D eigenvalue weighted by Gasteiger charge is 2.21. The third kappa shape index (κ3) is 4.85. The first-order chi connectivity index (χ1) is 12.1. The fourth-order valence-corrected chi connectivity index (χ4v) is 3.03. The van der Waals surface area contributed by atoms with Gasteiger partial charge in [-0.15, -0.1) is 0 Å². The molecule has 1 amide bonds. The van der Waals surface area contributed by atoms with Crippen LogP contribution in [0.15, 0.2) is 42.5 Å². The minimum atomic E-state index is -3.82. The summed E-state index contributed by atoms with van der Waals surface area (Å²) in [6.07, 6.45) is 0.914. The van der Waals surface area contributed by atoms with Gasteiger partial charge in [-0.3, -0.25) is 13.9 Å². The number of sulfonamides is 1. The zero-order chi connectivity index (χ0) is 19.5. The Labute approximate surface area is 149 Å². The average molecular weight is 382 g/mol. The molecule has 26 heavy (non-hydrogen) atoms. The number of ketones is 1. The number of carbonyl (C=O) groups is 2. The van der Waals surface area contributed by atoms with Crippen molar-refractivity contribution in [1.82, 2.24) is 0 Å². The van der Waals surface area contributed by atoms with Crippen LogP contribution in [-0.4, -0.2) is 32.9 Å². The molecule has 6 nitrogen and oxygen atoms in total. The van der Waals surface area contributed by atoms with Crippen molar-refractivity contribution in [3.8, 4) is 0 Å². The van der Waals surface area contributed by atoms with E-state index in [-0.39, 0.29) is 17.2 Å². The van der Waals surface area contributed by atoms with Crippen molar-refractivity contribution in [1.29, 1.82) is 0 Å². The number of amides is 1. The Kier molecular flexibility index (Phi) is 5.71. The number of carbonyl (C=O) groups excluding carboxylic acids is 2. The number of benzene rings is 2. The van der Waals surface area contributed by atoms with E-state index in [0.29, 0.717) is 11.6 Å². The number of hydrogen-bond acceptors (Lipinski definition) is 4. The lowest BCUT2D eigenvalue weighted by Gasteiger charge is -2.22. The van der Waals surface area contributed by atoms with Crippen LogP contribution in [0.5, 0.6) is 0 Å². The standard InChI is InChI=1S/C17H16F2N2O4S/c1-11(22)12-3-6-14(7-4-12)21(26(2,24)25)10-17(23)20-16-8-5-13(18)9-15(16)19/h3-9H,10H2,1-2H3,(H,20,23). The first-order valence-corrected chi connectivity index (χ1v) is 9.26. The van der Waals surface area contributed by atoms with E-state index in [1.807, 2.05) is 0 Å². The van der Waals surface area contributed by atoms with Crippen molar-refractivity contribution in [3.05, 3.63) is 59.7 Å². The molecule has 9 heteroatoms. The lowest BCUT2D eigenvalue weighted by molar-refractivity contribution is -0.114. The quantitative estimate of drug-likeness (QED) is 0.779. The second-order valence-corrected chi connectivity index (χ2v) is 7.45. The molecule has 0 aliphatic heterocycles. The van der Waals surface area contributed by atoms with Crippen LogP contribution >= 0.6 is 0 Å². The predicted octanol–water partition coefficient (Wildman–Crippen LogP) is 2.57. The molecule has 0 saturated heterocycles. The molecule has 0 aromatic heterocycles. The number of rotatable bonds is 6. The minimum Gasteiger partial charge on any atom is -0.322 e. The highest BCUT2D eigenvalue weighted by molar-refractivity contribution is 7.92. The van der Waals surface area contributed by atoms with Gasteiger partial charge in [-0.2, -0.15) is 0 Å². The summed E-state index contributed by atoms with van der Waals surface area (Å²) in [6.45, 7) is 0.753. The molecule has 2 rings (SSSR count). The second-order valence-electron chi connectivity index (χ2n) is 5.55. The molecular formula is C17H16F2N2O4S. The van der Waals surface area contributed by atoms with E-state index >= 15 is 0 Å². The van der Waals surface area contributed by atoms with Gasteiger partial charge in [0.05, 0.1) is 17.6 Å². The average Bonchev–Trinajstić information content (AvgIpc) is 2.54. The van der Waals surface area contributed by atoms with Gasteiger partial charge in [-0.1, -0.05) is 0 Å². The van der Waals surface area contributed by atoms with Gasteiger partial charge in [0.1, 0.15) is 18.2 Å². The van der Waals surface area contributed by atoms with Crippen molar-refractivity contribution >= 4 is 33.1 Å². The SMILES string of the molecule is CC(=O)c1ccc(N(CC(=O)Nc2ccc(F)cc2F)S(C)(=O)=O)cc1. The van der Waals surface area contributed by atoms with Crippen LogP contribution < -0.4 is 9.62 Å². The van der Waals surface area contributed by atoms with E-state index in [1.165, 1.54) is 31.2 Å². The van der Waals surface area contributed by atoms with E-state index < -0.39 is 34.1 Å². The zero-order valence-corrected chi connectivity index (χ0v) is 14.8. The van der Waals surface area contributed by atoms with Crippen LogP contribution in [0.1, 0.15) is 17.3 Å². The van der Waals surface area contributed by atoms with Gasteiger partial charge in [0.2, 0.25) is 15.9 Å². The van der Waals surface area contributed by atoms with Crippen LogP contribution in [0.3, 0.4) is 0 Å². The number of hydrogen-bond donors (Lipinski definition) is 1. The van der Waals surface area contributed by atoms with Gasteiger partial charge in [-0.05, 0) is 43.3 Å². The Morgan fingerprint density at radius 1 is 1.08 bits per heavy atom. The van der Waals surface area contributed by atoms with E-state index in [9.17, 15) is 26.8 Å². The van der Waals surface area contributed by atoms with E-state index in [2.05, 4.69) is 5.32 Å². The van der Waals surface area contributed by atoms with Gasteiger partial charge in [0.25, 0.3) is 0 Å². The first-order valence-electron chi connectivity index (χ1n) is 7.41. The molecule has 2 aromatic carbocycles. The molecule has 2 aromatic rings. The summed E-state index contributed by atoms with van der Waals surface area (Å²) in [5.74, 6) is -2.78. The fourth-order valence-electron chi connectivity index (χ4n) is 2.17. The summed E-state index contributed by atoms with van der Waals surface area (Å²) in [6, 6.07) is 8.26. The van der Waals surface area contributed by atoms with Crippen LogP contribution in [0.25, 0.3) is 0 Å². The van der Waals surface area contributed by atoms with E-state index in [4.69, 9.17) is 0 Å². The van der Waals surface area contributed by atoms with Gasteiger partial charge < -0.3 is 5.32 Å². The first kappa shape index (κ1) is 19.5. The molecular weight excluding hydrogens is 366 g/mol. The van der Waals surface area contributed by atoms with Crippen LogP contribution in [0.2, 0.25) is 0 Å². The third-order valence-electron chi connectivity index (χ3n) is 3.45. The Morgan fingerprint density at radius 3 is 2.19 bits per heavy atom. The van der Waals surface area contributed by atoms with Crippen molar-refractivity contribution < 1.29 is 26.8 Å². The summed E-state index contributed by atoms with van der Waals surface area (Å²) < 4.78 is 51.3. The van der Waals surface area contributed by atoms with Crippen LogP contribution in [0.4, 0.5) is 20.2 Å². The normalized spacial score (nSPS) is 11.1. The summed E-state index contributed by atoms with van der Waals surface area (Å²) in [4.78, 5) is 23.4.